The molecule has 1 unspecified atom stereocenters. The molecule has 0 bridgehead atoms. The molecule has 0 amide bonds. The highest BCUT2D eigenvalue weighted by Crippen LogP contribution is 2.24. The fraction of sp³-hybridized carbons (Fsp3) is 0.533. The predicted octanol–water partition coefficient (Wildman–Crippen LogP) is 2.14. The highest BCUT2D eigenvalue weighted by molar-refractivity contribution is 5.75. The summed E-state index contributed by atoms with van der Waals surface area (Å²) in [4.78, 5) is 11.6. The molecule has 0 aromatic heterocycles. The molecule has 4 heteroatoms. The second kappa shape index (κ2) is 7.14. The van der Waals surface area contributed by atoms with E-state index in [1.165, 1.54) is 12.7 Å². The Morgan fingerprint density at radius 1 is 1.26 bits per heavy atom. The van der Waals surface area contributed by atoms with Gasteiger partial charge in [-0.15, -0.1) is 0 Å². The van der Waals surface area contributed by atoms with Gasteiger partial charge in [0, 0.05) is 0 Å². The Labute approximate surface area is 115 Å². The first-order valence-electron chi connectivity index (χ1n) is 6.51. The third kappa shape index (κ3) is 4.24. The first-order chi connectivity index (χ1) is 8.99. The predicted molar refractivity (Wildman–Crippen MR) is 75.6 cm³/mol. The van der Waals surface area contributed by atoms with Crippen LogP contribution in [0.5, 0.6) is 5.75 Å². The van der Waals surface area contributed by atoms with Gasteiger partial charge in [0.25, 0.3) is 0 Å². The minimum absolute atomic E-state index is 0.269. The quantitative estimate of drug-likeness (QED) is 0.801. The number of benzene rings is 1. The van der Waals surface area contributed by atoms with E-state index in [0.717, 1.165) is 16.9 Å². The van der Waals surface area contributed by atoms with E-state index in [-0.39, 0.29) is 12.6 Å². The van der Waals surface area contributed by atoms with E-state index in [0.29, 0.717) is 6.54 Å². The first kappa shape index (κ1) is 15.5. The third-order valence-electron chi connectivity index (χ3n) is 2.94. The van der Waals surface area contributed by atoms with Gasteiger partial charge in [0.05, 0.1) is 7.11 Å². The lowest BCUT2D eigenvalue weighted by atomic mass is 10.1. The zero-order valence-corrected chi connectivity index (χ0v) is 12.4. The van der Waals surface area contributed by atoms with Crippen LogP contribution in [0.25, 0.3) is 0 Å². The van der Waals surface area contributed by atoms with E-state index < -0.39 is 6.04 Å². The molecule has 0 saturated carbocycles. The van der Waals surface area contributed by atoms with E-state index in [9.17, 15) is 4.79 Å². The highest BCUT2D eigenvalue weighted by atomic mass is 16.5. The van der Waals surface area contributed by atoms with E-state index in [1.54, 1.807) is 0 Å². The lowest BCUT2D eigenvalue weighted by Gasteiger charge is -2.18. The Morgan fingerprint density at radius 3 is 2.32 bits per heavy atom. The number of rotatable bonds is 6. The number of esters is 1. The van der Waals surface area contributed by atoms with Crippen LogP contribution in [-0.2, 0) is 9.53 Å². The second-order valence-electron chi connectivity index (χ2n) is 4.67. The number of hydrogen-bond acceptors (Lipinski definition) is 4. The molecule has 0 aliphatic carbocycles. The molecule has 0 heterocycles. The van der Waals surface area contributed by atoms with Crippen molar-refractivity contribution in [3.05, 3.63) is 28.8 Å². The number of carbonyl (C=O) groups is 1. The van der Waals surface area contributed by atoms with Gasteiger partial charge in [-0.2, -0.15) is 0 Å². The largest absolute Gasteiger partial charge is 0.491 e. The smallest absolute Gasteiger partial charge is 0.326 e. The van der Waals surface area contributed by atoms with E-state index in [2.05, 4.69) is 24.4 Å². The average Bonchev–Trinajstić information content (AvgIpc) is 2.35. The van der Waals surface area contributed by atoms with Crippen molar-refractivity contribution in [2.45, 2.75) is 33.7 Å². The molecule has 1 aromatic rings. The summed E-state index contributed by atoms with van der Waals surface area (Å²) in [6.45, 7) is 8.98. The Kier molecular flexibility index (Phi) is 5.83. The van der Waals surface area contributed by atoms with Gasteiger partial charge in [-0.25, -0.2) is 0 Å². The molecule has 1 aromatic carbocycles. The van der Waals surface area contributed by atoms with Gasteiger partial charge in [0.1, 0.15) is 18.4 Å². The summed E-state index contributed by atoms with van der Waals surface area (Å²) >= 11 is 0. The number of ether oxygens (including phenoxy) is 2. The van der Waals surface area contributed by atoms with Gasteiger partial charge in [0.2, 0.25) is 0 Å². The monoisotopic (exact) mass is 265 g/mol. The molecule has 0 aliphatic rings. The number of methoxy groups -OCH3 is 1. The van der Waals surface area contributed by atoms with Crippen molar-refractivity contribution in [3.63, 3.8) is 0 Å². The normalized spacial score (nSPS) is 12.1. The summed E-state index contributed by atoms with van der Waals surface area (Å²) in [5, 5.41) is 3.05. The van der Waals surface area contributed by atoms with Gasteiger partial charge >= 0.3 is 5.97 Å². The first-order valence-corrected chi connectivity index (χ1v) is 6.51. The third-order valence-corrected chi connectivity index (χ3v) is 2.94. The SMILES string of the molecule is CCNC(COc1c(C)cc(C)cc1C)C(=O)OC. The van der Waals surface area contributed by atoms with Crippen molar-refractivity contribution in [1.82, 2.24) is 5.32 Å². The van der Waals surface area contributed by atoms with Crippen LogP contribution in [0.3, 0.4) is 0 Å². The minimum Gasteiger partial charge on any atom is -0.491 e. The zero-order valence-electron chi connectivity index (χ0n) is 12.4. The molecule has 0 radical (unpaired) electrons. The molecule has 1 N–H and O–H groups in total. The fourth-order valence-electron chi connectivity index (χ4n) is 2.16. The van der Waals surface area contributed by atoms with E-state index in [1.807, 2.05) is 20.8 Å². The topological polar surface area (TPSA) is 47.6 Å². The van der Waals surface area contributed by atoms with Crippen LogP contribution >= 0.6 is 0 Å². The molecule has 106 valence electrons. The molecule has 19 heavy (non-hydrogen) atoms. The molecule has 4 nitrogen and oxygen atoms in total. The van der Waals surface area contributed by atoms with Gasteiger partial charge in [-0.3, -0.25) is 4.79 Å². The standard InChI is InChI=1S/C15H23NO3/c1-6-16-13(15(17)18-5)9-19-14-11(3)7-10(2)8-12(14)4/h7-8,13,16H,6,9H2,1-5H3. The maximum absolute atomic E-state index is 11.6. The van der Waals surface area contributed by atoms with E-state index >= 15 is 0 Å². The van der Waals surface area contributed by atoms with Crippen molar-refractivity contribution in [2.24, 2.45) is 0 Å². The Morgan fingerprint density at radius 2 is 1.84 bits per heavy atom. The van der Waals surface area contributed by atoms with Crippen molar-refractivity contribution >= 4 is 5.97 Å². The summed E-state index contributed by atoms with van der Waals surface area (Å²) in [6.07, 6.45) is 0. The Balaban J connectivity index is 2.77. The minimum atomic E-state index is -0.435. The van der Waals surface area contributed by atoms with Crippen LogP contribution in [0.2, 0.25) is 0 Å². The molecule has 0 spiro atoms. The molecular formula is C15H23NO3. The number of carbonyl (C=O) groups excluding carboxylic acids is 1. The summed E-state index contributed by atoms with van der Waals surface area (Å²) in [6, 6.07) is 3.71. The number of hydrogen-bond donors (Lipinski definition) is 1. The lowest BCUT2D eigenvalue weighted by molar-refractivity contribution is -0.143. The molecule has 1 atom stereocenters. The van der Waals surface area contributed by atoms with Crippen molar-refractivity contribution < 1.29 is 14.3 Å². The van der Waals surface area contributed by atoms with Crippen molar-refractivity contribution in [2.75, 3.05) is 20.3 Å². The fourth-order valence-corrected chi connectivity index (χ4v) is 2.16. The summed E-state index contributed by atoms with van der Waals surface area (Å²) in [5.41, 5.74) is 3.37. The van der Waals surface area contributed by atoms with Crippen LogP contribution in [0.1, 0.15) is 23.6 Å². The average molecular weight is 265 g/mol. The van der Waals surface area contributed by atoms with Crippen LogP contribution in [-0.4, -0.2) is 32.3 Å². The Hall–Kier alpha value is -1.55. The Bertz CT molecular complexity index is 420. The van der Waals surface area contributed by atoms with E-state index in [4.69, 9.17) is 9.47 Å². The van der Waals surface area contributed by atoms with Crippen LogP contribution < -0.4 is 10.1 Å². The second-order valence-corrected chi connectivity index (χ2v) is 4.67. The molecule has 0 fully saturated rings. The van der Waals surface area contributed by atoms with Gasteiger partial charge < -0.3 is 14.8 Å². The van der Waals surface area contributed by atoms with Crippen molar-refractivity contribution in [1.29, 1.82) is 0 Å². The van der Waals surface area contributed by atoms with Gasteiger partial charge in [0.15, 0.2) is 0 Å². The molecular weight excluding hydrogens is 242 g/mol. The maximum atomic E-state index is 11.6. The number of likely N-dealkylation sites (N-methyl/N-ethyl adjacent to an activating group) is 1. The zero-order chi connectivity index (χ0) is 14.4. The summed E-state index contributed by atoms with van der Waals surface area (Å²) < 4.78 is 10.5. The highest BCUT2D eigenvalue weighted by Gasteiger charge is 2.19. The van der Waals surface area contributed by atoms with Crippen LogP contribution in [0, 0.1) is 20.8 Å². The van der Waals surface area contributed by atoms with Gasteiger partial charge in [-0.1, -0.05) is 24.6 Å². The summed E-state index contributed by atoms with van der Waals surface area (Å²) in [7, 11) is 1.38. The number of aryl methyl sites for hydroxylation is 3. The molecule has 1 rings (SSSR count). The maximum Gasteiger partial charge on any atom is 0.326 e. The van der Waals surface area contributed by atoms with Crippen LogP contribution in [0.15, 0.2) is 12.1 Å². The molecule has 0 aliphatic heterocycles. The van der Waals surface area contributed by atoms with Crippen LogP contribution in [0.4, 0.5) is 0 Å². The number of nitrogens with one attached hydrogen (secondary N) is 1. The lowest BCUT2D eigenvalue weighted by Crippen LogP contribution is -2.42. The van der Waals surface area contributed by atoms with Gasteiger partial charge in [-0.05, 0) is 38.4 Å². The molecule has 0 saturated heterocycles. The van der Waals surface area contributed by atoms with Crippen molar-refractivity contribution in [3.8, 4) is 5.75 Å². The summed E-state index contributed by atoms with van der Waals surface area (Å²) in [5.74, 6) is 0.543.